The average Bonchev–Trinajstić information content (AvgIpc) is 2.98. The van der Waals surface area contributed by atoms with Gasteiger partial charge < -0.3 is 19.7 Å². The number of aryl methyl sites for hydroxylation is 1. The highest BCUT2D eigenvalue weighted by atomic mass is 32.1. The Hall–Kier alpha value is -2.19. The first-order valence-electron chi connectivity index (χ1n) is 5.60. The summed E-state index contributed by atoms with van der Waals surface area (Å²) in [5.41, 5.74) is 1.03. The molecule has 8 heteroatoms. The van der Waals surface area contributed by atoms with E-state index in [1.165, 1.54) is 13.2 Å². The number of aromatic nitrogens is 1. The molecule has 0 saturated heterocycles. The van der Waals surface area contributed by atoms with E-state index in [-0.39, 0.29) is 22.9 Å². The van der Waals surface area contributed by atoms with Gasteiger partial charge in [-0.05, 0) is 17.9 Å². The van der Waals surface area contributed by atoms with Crippen LogP contribution in [0.15, 0.2) is 16.0 Å². The fourth-order valence-corrected chi connectivity index (χ4v) is 2.41. The average molecular weight is 296 g/mol. The number of anilines is 1. The van der Waals surface area contributed by atoms with E-state index in [0.717, 1.165) is 11.3 Å². The zero-order chi connectivity index (χ0) is 14.7. The molecule has 20 heavy (non-hydrogen) atoms. The molecule has 0 unspecified atom stereocenters. The number of amides is 1. The molecule has 0 bridgehead atoms. The summed E-state index contributed by atoms with van der Waals surface area (Å²) in [6.07, 6.45) is 0. The van der Waals surface area contributed by atoms with Crippen molar-refractivity contribution in [3.63, 3.8) is 0 Å². The molecular formula is C12H12N2O5S. The van der Waals surface area contributed by atoms with Gasteiger partial charge in [0, 0.05) is 13.2 Å². The lowest BCUT2D eigenvalue weighted by molar-refractivity contribution is 0.0703. The molecule has 2 heterocycles. The summed E-state index contributed by atoms with van der Waals surface area (Å²) in [5, 5.41) is 16.9. The van der Waals surface area contributed by atoms with Crippen molar-refractivity contribution in [1.29, 1.82) is 0 Å². The smallest absolute Gasteiger partial charge is 0.348 e. The number of ether oxygens (including phenoxy) is 1. The van der Waals surface area contributed by atoms with Gasteiger partial charge in [-0.2, -0.15) is 0 Å². The standard InChI is InChI=1S/C12H12N2O5S/c1-6-5-20-10(12(16)17)9(6)13-11(15)8-3-7(4-18-2)19-14-8/h3,5H,4H2,1-2H3,(H,13,15)(H,16,17). The highest BCUT2D eigenvalue weighted by Crippen LogP contribution is 2.28. The van der Waals surface area contributed by atoms with Crippen LogP contribution in [0.2, 0.25) is 0 Å². The van der Waals surface area contributed by atoms with Crippen molar-refractivity contribution in [2.45, 2.75) is 13.5 Å². The van der Waals surface area contributed by atoms with Gasteiger partial charge in [0.15, 0.2) is 11.5 Å². The number of carboxylic acids is 1. The Morgan fingerprint density at radius 3 is 2.95 bits per heavy atom. The van der Waals surface area contributed by atoms with Gasteiger partial charge in [0.05, 0.1) is 5.69 Å². The predicted molar refractivity (Wildman–Crippen MR) is 71.2 cm³/mol. The highest BCUT2D eigenvalue weighted by Gasteiger charge is 2.20. The van der Waals surface area contributed by atoms with Crippen LogP contribution in [-0.4, -0.2) is 29.2 Å². The molecule has 2 rings (SSSR count). The summed E-state index contributed by atoms with van der Waals surface area (Å²) >= 11 is 1.06. The van der Waals surface area contributed by atoms with Gasteiger partial charge in [-0.25, -0.2) is 4.79 Å². The van der Waals surface area contributed by atoms with E-state index in [9.17, 15) is 9.59 Å². The lowest BCUT2D eigenvalue weighted by Crippen LogP contribution is -2.14. The van der Waals surface area contributed by atoms with E-state index in [1.807, 2.05) is 0 Å². The minimum atomic E-state index is -1.08. The van der Waals surface area contributed by atoms with E-state index in [2.05, 4.69) is 10.5 Å². The second kappa shape index (κ2) is 5.85. The molecular weight excluding hydrogens is 284 g/mol. The number of nitrogens with zero attached hydrogens (tertiary/aromatic N) is 1. The number of rotatable bonds is 5. The Morgan fingerprint density at radius 2 is 2.30 bits per heavy atom. The molecule has 0 fully saturated rings. The van der Waals surface area contributed by atoms with Crippen LogP contribution in [0.4, 0.5) is 5.69 Å². The molecule has 0 radical (unpaired) electrons. The number of carbonyl (C=O) groups is 2. The van der Waals surface area contributed by atoms with Crippen LogP contribution >= 0.6 is 11.3 Å². The Balaban J connectivity index is 2.19. The molecule has 0 atom stereocenters. The minimum absolute atomic E-state index is 0.0685. The van der Waals surface area contributed by atoms with Gasteiger partial charge in [0.2, 0.25) is 0 Å². The maximum atomic E-state index is 12.0. The number of thiophene rings is 1. The largest absolute Gasteiger partial charge is 0.477 e. The molecule has 2 aromatic heterocycles. The lowest BCUT2D eigenvalue weighted by atomic mass is 10.2. The molecule has 0 aliphatic carbocycles. The second-order valence-electron chi connectivity index (χ2n) is 3.99. The summed E-state index contributed by atoms with van der Waals surface area (Å²) in [5.74, 6) is -1.20. The van der Waals surface area contributed by atoms with Crippen LogP contribution in [0, 0.1) is 6.92 Å². The SMILES string of the molecule is COCc1cc(C(=O)Nc2c(C)csc2C(=O)O)no1. The highest BCUT2D eigenvalue weighted by molar-refractivity contribution is 7.12. The zero-order valence-electron chi connectivity index (χ0n) is 10.8. The van der Waals surface area contributed by atoms with Gasteiger partial charge in [-0.1, -0.05) is 5.16 Å². The van der Waals surface area contributed by atoms with Gasteiger partial charge in [0.1, 0.15) is 11.5 Å². The summed E-state index contributed by atoms with van der Waals surface area (Å²) in [6, 6.07) is 1.45. The van der Waals surface area contributed by atoms with Crippen molar-refractivity contribution < 1.29 is 24.0 Å². The van der Waals surface area contributed by atoms with Crippen LogP contribution in [0.3, 0.4) is 0 Å². The summed E-state index contributed by atoms with van der Waals surface area (Å²) < 4.78 is 9.76. The third kappa shape index (κ3) is 2.86. The molecule has 1 amide bonds. The van der Waals surface area contributed by atoms with Crippen molar-refractivity contribution in [2.75, 3.05) is 12.4 Å². The molecule has 2 N–H and O–H groups in total. The molecule has 7 nitrogen and oxygen atoms in total. The Labute approximate surface area is 118 Å². The monoisotopic (exact) mass is 296 g/mol. The second-order valence-corrected chi connectivity index (χ2v) is 4.87. The van der Waals surface area contributed by atoms with Crippen LogP contribution in [0.5, 0.6) is 0 Å². The Bertz CT molecular complexity index is 646. The lowest BCUT2D eigenvalue weighted by Gasteiger charge is -2.03. The third-order valence-corrected chi connectivity index (χ3v) is 3.57. The number of carboxylic acid groups (broad SMARTS) is 1. The quantitative estimate of drug-likeness (QED) is 0.876. The molecule has 2 aromatic rings. The van der Waals surface area contributed by atoms with Crippen LogP contribution in [0.25, 0.3) is 0 Å². The van der Waals surface area contributed by atoms with Crippen molar-refractivity contribution >= 4 is 28.9 Å². The van der Waals surface area contributed by atoms with Crippen LogP contribution in [0.1, 0.15) is 31.5 Å². The first-order valence-corrected chi connectivity index (χ1v) is 6.48. The fraction of sp³-hybridized carbons (Fsp3) is 0.250. The molecule has 0 aliphatic heterocycles. The summed E-state index contributed by atoms with van der Waals surface area (Å²) in [6.45, 7) is 1.93. The predicted octanol–water partition coefficient (Wildman–Crippen LogP) is 2.14. The van der Waals surface area contributed by atoms with E-state index in [1.54, 1.807) is 12.3 Å². The van der Waals surface area contributed by atoms with Crippen molar-refractivity contribution in [3.8, 4) is 0 Å². The molecule has 0 spiro atoms. The van der Waals surface area contributed by atoms with Crippen molar-refractivity contribution in [3.05, 3.63) is 33.3 Å². The van der Waals surface area contributed by atoms with Gasteiger partial charge in [-0.3, -0.25) is 4.79 Å². The first-order chi connectivity index (χ1) is 9.52. The van der Waals surface area contributed by atoms with Gasteiger partial charge in [0.25, 0.3) is 5.91 Å². The number of hydrogen-bond donors (Lipinski definition) is 2. The minimum Gasteiger partial charge on any atom is -0.477 e. The number of nitrogens with one attached hydrogen (secondary N) is 1. The van der Waals surface area contributed by atoms with Gasteiger partial charge in [-0.15, -0.1) is 11.3 Å². The number of hydrogen-bond acceptors (Lipinski definition) is 6. The van der Waals surface area contributed by atoms with Crippen molar-refractivity contribution in [1.82, 2.24) is 5.16 Å². The van der Waals surface area contributed by atoms with Crippen LogP contribution in [-0.2, 0) is 11.3 Å². The Morgan fingerprint density at radius 1 is 1.55 bits per heavy atom. The number of methoxy groups -OCH3 is 1. The molecule has 0 aromatic carbocycles. The summed E-state index contributed by atoms with van der Waals surface area (Å²) in [7, 11) is 1.50. The van der Waals surface area contributed by atoms with Gasteiger partial charge >= 0.3 is 5.97 Å². The summed E-state index contributed by atoms with van der Waals surface area (Å²) in [4.78, 5) is 23.1. The maximum absolute atomic E-state index is 12.0. The maximum Gasteiger partial charge on any atom is 0.348 e. The van der Waals surface area contributed by atoms with E-state index < -0.39 is 11.9 Å². The topological polar surface area (TPSA) is 102 Å². The molecule has 0 aliphatic rings. The Kier molecular flexibility index (Phi) is 4.16. The number of carbonyl (C=O) groups excluding carboxylic acids is 1. The van der Waals surface area contributed by atoms with Crippen molar-refractivity contribution in [2.24, 2.45) is 0 Å². The normalized spacial score (nSPS) is 10.5. The fourth-order valence-electron chi connectivity index (χ4n) is 1.56. The van der Waals surface area contributed by atoms with E-state index >= 15 is 0 Å². The third-order valence-electron chi connectivity index (χ3n) is 2.49. The van der Waals surface area contributed by atoms with Crippen LogP contribution < -0.4 is 5.32 Å². The zero-order valence-corrected chi connectivity index (χ0v) is 11.6. The molecule has 106 valence electrons. The first kappa shape index (κ1) is 14.2. The van der Waals surface area contributed by atoms with E-state index in [0.29, 0.717) is 11.3 Å². The van der Waals surface area contributed by atoms with E-state index in [4.69, 9.17) is 14.4 Å². The molecule has 0 saturated carbocycles. The number of aromatic carboxylic acids is 1.